The Morgan fingerprint density at radius 1 is 1.05 bits per heavy atom. The number of benzene rings is 1. The highest BCUT2D eigenvalue weighted by molar-refractivity contribution is 6.31. The smallest absolute Gasteiger partial charge is 0.105 e. The molecular formula is C16H20ClNO. The summed E-state index contributed by atoms with van der Waals surface area (Å²) in [6.07, 6.45) is 0. The third-order valence-corrected chi connectivity index (χ3v) is 3.76. The van der Waals surface area contributed by atoms with Crippen LogP contribution in [0.3, 0.4) is 0 Å². The third kappa shape index (κ3) is 3.20. The van der Waals surface area contributed by atoms with Crippen LogP contribution >= 0.6 is 11.6 Å². The van der Waals surface area contributed by atoms with E-state index in [0.29, 0.717) is 0 Å². The fraction of sp³-hybridized carbons (Fsp3) is 0.375. The zero-order valence-electron chi connectivity index (χ0n) is 11.8. The van der Waals surface area contributed by atoms with Gasteiger partial charge in [-0.2, -0.15) is 0 Å². The molecule has 0 radical (unpaired) electrons. The molecule has 3 heteroatoms. The van der Waals surface area contributed by atoms with Gasteiger partial charge in [0.25, 0.3) is 0 Å². The normalized spacial score (nSPS) is 14.4. The maximum atomic E-state index is 6.23. The molecule has 1 unspecified atom stereocenters. The van der Waals surface area contributed by atoms with E-state index in [2.05, 4.69) is 31.3 Å². The first-order valence-electron chi connectivity index (χ1n) is 6.56. The molecule has 0 fully saturated rings. The molecule has 1 aromatic heterocycles. The molecule has 0 bridgehead atoms. The molecule has 0 spiro atoms. The second kappa shape index (κ2) is 5.81. The maximum Gasteiger partial charge on any atom is 0.105 e. The lowest BCUT2D eigenvalue weighted by Crippen LogP contribution is -2.22. The van der Waals surface area contributed by atoms with E-state index in [4.69, 9.17) is 16.0 Å². The van der Waals surface area contributed by atoms with Gasteiger partial charge in [-0.1, -0.05) is 29.8 Å². The standard InChI is InChI=1S/C16H20ClNO/c1-10-9-15(13(4)19-10)12(3)18-11(2)14-7-5-6-8-16(14)17/h5-9,11-12,18H,1-4H3/t11-,12?/m0/s1. The Balaban J connectivity index is 2.13. The summed E-state index contributed by atoms with van der Waals surface area (Å²) >= 11 is 6.23. The van der Waals surface area contributed by atoms with Gasteiger partial charge in [-0.15, -0.1) is 0 Å². The molecule has 0 amide bonds. The van der Waals surface area contributed by atoms with Gasteiger partial charge in [0, 0.05) is 22.7 Å². The lowest BCUT2D eigenvalue weighted by molar-refractivity contribution is 0.469. The Kier molecular flexibility index (Phi) is 4.33. The van der Waals surface area contributed by atoms with E-state index in [0.717, 1.165) is 22.1 Å². The second-order valence-electron chi connectivity index (χ2n) is 5.00. The minimum absolute atomic E-state index is 0.193. The van der Waals surface area contributed by atoms with Crippen molar-refractivity contribution in [1.29, 1.82) is 0 Å². The third-order valence-electron chi connectivity index (χ3n) is 3.42. The van der Waals surface area contributed by atoms with Gasteiger partial charge < -0.3 is 9.73 Å². The quantitative estimate of drug-likeness (QED) is 0.854. The van der Waals surface area contributed by atoms with Crippen molar-refractivity contribution in [3.63, 3.8) is 0 Å². The molecular weight excluding hydrogens is 258 g/mol. The van der Waals surface area contributed by atoms with Gasteiger partial charge in [0.05, 0.1) is 0 Å². The molecule has 0 saturated heterocycles. The maximum absolute atomic E-state index is 6.23. The van der Waals surface area contributed by atoms with Crippen molar-refractivity contribution in [1.82, 2.24) is 5.32 Å². The number of halogens is 1. The van der Waals surface area contributed by atoms with Crippen LogP contribution in [-0.2, 0) is 0 Å². The minimum atomic E-state index is 0.193. The molecule has 1 aromatic carbocycles. The lowest BCUT2D eigenvalue weighted by atomic mass is 10.0. The average molecular weight is 278 g/mol. The van der Waals surface area contributed by atoms with Crippen LogP contribution in [-0.4, -0.2) is 0 Å². The van der Waals surface area contributed by atoms with E-state index in [-0.39, 0.29) is 12.1 Å². The van der Waals surface area contributed by atoms with Gasteiger partial charge in [0.1, 0.15) is 11.5 Å². The van der Waals surface area contributed by atoms with Gasteiger partial charge in [-0.3, -0.25) is 0 Å². The molecule has 2 rings (SSSR count). The molecule has 19 heavy (non-hydrogen) atoms. The SMILES string of the molecule is Cc1cc(C(C)N[C@@H](C)c2ccccc2Cl)c(C)o1. The Bertz CT molecular complexity index is 562. The Morgan fingerprint density at radius 2 is 1.68 bits per heavy atom. The summed E-state index contributed by atoms with van der Waals surface area (Å²) in [5, 5.41) is 4.36. The highest BCUT2D eigenvalue weighted by Crippen LogP contribution is 2.27. The average Bonchev–Trinajstić information content (AvgIpc) is 2.69. The van der Waals surface area contributed by atoms with Crippen molar-refractivity contribution < 1.29 is 4.42 Å². The van der Waals surface area contributed by atoms with Gasteiger partial charge in [-0.05, 0) is 45.4 Å². The van der Waals surface area contributed by atoms with Gasteiger partial charge >= 0.3 is 0 Å². The van der Waals surface area contributed by atoms with E-state index >= 15 is 0 Å². The first-order chi connectivity index (χ1) is 8.99. The molecule has 2 aromatic rings. The first-order valence-corrected chi connectivity index (χ1v) is 6.94. The Labute approximate surface area is 119 Å². The van der Waals surface area contributed by atoms with E-state index < -0.39 is 0 Å². The van der Waals surface area contributed by atoms with E-state index in [1.54, 1.807) is 0 Å². The number of hydrogen-bond acceptors (Lipinski definition) is 2. The number of rotatable bonds is 4. The van der Waals surface area contributed by atoms with Gasteiger partial charge in [-0.25, -0.2) is 0 Å². The summed E-state index contributed by atoms with van der Waals surface area (Å²) in [7, 11) is 0. The molecule has 1 heterocycles. The fourth-order valence-corrected chi connectivity index (χ4v) is 2.76. The van der Waals surface area contributed by atoms with Crippen LogP contribution in [0.5, 0.6) is 0 Å². The zero-order chi connectivity index (χ0) is 14.0. The van der Waals surface area contributed by atoms with Gasteiger partial charge in [0.15, 0.2) is 0 Å². The van der Waals surface area contributed by atoms with Crippen LogP contribution < -0.4 is 5.32 Å². The van der Waals surface area contributed by atoms with Gasteiger partial charge in [0.2, 0.25) is 0 Å². The summed E-state index contributed by atoms with van der Waals surface area (Å²) in [5.74, 6) is 1.93. The Hall–Kier alpha value is -1.25. The molecule has 0 saturated carbocycles. The van der Waals surface area contributed by atoms with Crippen LogP contribution in [0.15, 0.2) is 34.7 Å². The summed E-state index contributed by atoms with van der Waals surface area (Å²) in [4.78, 5) is 0. The number of furan rings is 1. The fourth-order valence-electron chi connectivity index (χ4n) is 2.46. The molecule has 1 N–H and O–H groups in total. The van der Waals surface area contributed by atoms with Crippen molar-refractivity contribution in [2.45, 2.75) is 39.8 Å². The van der Waals surface area contributed by atoms with Crippen LogP contribution in [0.1, 0.15) is 48.6 Å². The van der Waals surface area contributed by atoms with Crippen molar-refractivity contribution in [3.05, 3.63) is 58.0 Å². The van der Waals surface area contributed by atoms with Crippen molar-refractivity contribution in [2.75, 3.05) is 0 Å². The Morgan fingerprint density at radius 3 is 2.26 bits per heavy atom. The van der Waals surface area contributed by atoms with Crippen molar-refractivity contribution in [3.8, 4) is 0 Å². The molecule has 0 aliphatic rings. The van der Waals surface area contributed by atoms with Crippen LogP contribution in [0.2, 0.25) is 5.02 Å². The predicted octanol–water partition coefficient (Wildman–Crippen LogP) is 4.96. The number of nitrogens with one attached hydrogen (secondary N) is 1. The van der Waals surface area contributed by atoms with Crippen LogP contribution in [0.25, 0.3) is 0 Å². The second-order valence-corrected chi connectivity index (χ2v) is 5.41. The highest BCUT2D eigenvalue weighted by Gasteiger charge is 2.16. The minimum Gasteiger partial charge on any atom is -0.466 e. The van der Waals surface area contributed by atoms with E-state index in [1.165, 1.54) is 5.56 Å². The summed E-state index contributed by atoms with van der Waals surface area (Å²) in [6, 6.07) is 10.4. The molecule has 102 valence electrons. The zero-order valence-corrected chi connectivity index (χ0v) is 12.6. The molecule has 0 aliphatic carbocycles. The summed E-state index contributed by atoms with van der Waals surface area (Å²) in [5.41, 5.74) is 2.32. The van der Waals surface area contributed by atoms with E-state index in [9.17, 15) is 0 Å². The highest BCUT2D eigenvalue weighted by atomic mass is 35.5. The van der Waals surface area contributed by atoms with Crippen LogP contribution in [0.4, 0.5) is 0 Å². The monoisotopic (exact) mass is 277 g/mol. The largest absolute Gasteiger partial charge is 0.466 e. The molecule has 2 nitrogen and oxygen atoms in total. The number of aryl methyl sites for hydroxylation is 2. The van der Waals surface area contributed by atoms with Crippen molar-refractivity contribution in [2.24, 2.45) is 0 Å². The summed E-state index contributed by atoms with van der Waals surface area (Å²) in [6.45, 7) is 8.24. The van der Waals surface area contributed by atoms with E-state index in [1.807, 2.05) is 32.0 Å². The molecule has 0 aliphatic heterocycles. The van der Waals surface area contributed by atoms with Crippen LogP contribution in [0, 0.1) is 13.8 Å². The van der Waals surface area contributed by atoms with Crippen molar-refractivity contribution >= 4 is 11.6 Å². The number of hydrogen-bond donors (Lipinski definition) is 1. The lowest BCUT2D eigenvalue weighted by Gasteiger charge is -2.21. The molecule has 2 atom stereocenters. The predicted molar refractivity (Wildman–Crippen MR) is 79.6 cm³/mol. The summed E-state index contributed by atoms with van der Waals surface area (Å²) < 4.78 is 5.58. The first kappa shape index (κ1) is 14.2. The topological polar surface area (TPSA) is 25.2 Å².